The molecule has 0 radical (unpaired) electrons. The van der Waals surface area contributed by atoms with Crippen molar-refractivity contribution in [3.63, 3.8) is 0 Å². The number of amides is 2. The summed E-state index contributed by atoms with van der Waals surface area (Å²) < 4.78 is 0. The Bertz CT molecular complexity index is 393. The number of rotatable bonds is 4. The van der Waals surface area contributed by atoms with Crippen molar-refractivity contribution in [2.75, 3.05) is 32.7 Å². The highest BCUT2D eigenvalue weighted by Crippen LogP contribution is 2.25. The van der Waals surface area contributed by atoms with Crippen LogP contribution in [-0.2, 0) is 9.59 Å². The van der Waals surface area contributed by atoms with Crippen LogP contribution < -0.4 is 5.32 Å². The van der Waals surface area contributed by atoms with E-state index in [0.717, 1.165) is 57.9 Å². The molecule has 5 nitrogen and oxygen atoms in total. The topological polar surface area (TPSA) is 52.7 Å². The highest BCUT2D eigenvalue weighted by atomic mass is 16.2. The van der Waals surface area contributed by atoms with E-state index >= 15 is 0 Å². The van der Waals surface area contributed by atoms with Gasteiger partial charge in [-0.25, -0.2) is 0 Å². The van der Waals surface area contributed by atoms with Crippen molar-refractivity contribution in [1.82, 2.24) is 15.1 Å². The van der Waals surface area contributed by atoms with Gasteiger partial charge in [-0.1, -0.05) is 25.7 Å². The Kier molecular flexibility index (Phi) is 5.34. The van der Waals surface area contributed by atoms with Crippen molar-refractivity contribution < 1.29 is 9.59 Å². The van der Waals surface area contributed by atoms with Crippen molar-refractivity contribution in [2.45, 2.75) is 57.4 Å². The van der Waals surface area contributed by atoms with Crippen LogP contribution in [0.2, 0.25) is 0 Å². The maximum absolute atomic E-state index is 12.2. The number of piperazine rings is 1. The van der Waals surface area contributed by atoms with E-state index in [0.29, 0.717) is 0 Å². The van der Waals surface area contributed by atoms with Gasteiger partial charge in [-0.3, -0.25) is 14.5 Å². The van der Waals surface area contributed by atoms with Crippen molar-refractivity contribution in [3.05, 3.63) is 0 Å². The van der Waals surface area contributed by atoms with E-state index in [9.17, 15) is 9.59 Å². The lowest BCUT2D eigenvalue weighted by Gasteiger charge is -2.38. The van der Waals surface area contributed by atoms with E-state index < -0.39 is 0 Å². The third-order valence-electron chi connectivity index (χ3n) is 5.65. The second kappa shape index (κ2) is 7.44. The van der Waals surface area contributed by atoms with Gasteiger partial charge in [0.2, 0.25) is 11.8 Å². The van der Waals surface area contributed by atoms with E-state index in [1.165, 1.54) is 25.7 Å². The zero-order valence-corrected chi connectivity index (χ0v) is 13.6. The summed E-state index contributed by atoms with van der Waals surface area (Å²) in [7, 11) is 0. The standard InChI is InChI=1S/C17H29N3O2/c21-16(13-18-17(22)14-5-1-2-6-14)20-11-9-19(10-12-20)15-7-3-4-8-15/h14-15H,1-13H2,(H,18,22). The van der Waals surface area contributed by atoms with Crippen LogP contribution in [0.15, 0.2) is 0 Å². The van der Waals surface area contributed by atoms with Gasteiger partial charge in [0.05, 0.1) is 6.54 Å². The summed E-state index contributed by atoms with van der Waals surface area (Å²) in [5.74, 6) is 0.305. The predicted octanol–water partition coefficient (Wildman–Crippen LogP) is 1.38. The van der Waals surface area contributed by atoms with Crippen molar-refractivity contribution in [2.24, 2.45) is 5.92 Å². The normalized spacial score (nSPS) is 24.8. The lowest BCUT2D eigenvalue weighted by molar-refractivity contribution is -0.135. The van der Waals surface area contributed by atoms with Crippen LogP contribution in [-0.4, -0.2) is 60.4 Å². The zero-order valence-electron chi connectivity index (χ0n) is 13.6. The minimum Gasteiger partial charge on any atom is -0.347 e. The van der Waals surface area contributed by atoms with Gasteiger partial charge in [-0.2, -0.15) is 0 Å². The summed E-state index contributed by atoms with van der Waals surface area (Å²) in [6, 6.07) is 0.749. The molecule has 124 valence electrons. The second-order valence-electron chi connectivity index (χ2n) is 7.05. The Hall–Kier alpha value is -1.10. The van der Waals surface area contributed by atoms with Crippen LogP contribution >= 0.6 is 0 Å². The molecule has 0 unspecified atom stereocenters. The van der Waals surface area contributed by atoms with Gasteiger partial charge >= 0.3 is 0 Å². The SMILES string of the molecule is O=C(NCC(=O)N1CCN(C2CCCC2)CC1)C1CCCC1. The molecule has 3 fully saturated rings. The number of carbonyl (C=O) groups excluding carboxylic acids is 2. The molecular weight excluding hydrogens is 278 g/mol. The fourth-order valence-corrected chi connectivity index (χ4v) is 4.21. The first-order valence-electron chi connectivity index (χ1n) is 9.03. The van der Waals surface area contributed by atoms with Gasteiger partial charge in [0.1, 0.15) is 0 Å². The smallest absolute Gasteiger partial charge is 0.242 e. The molecule has 0 atom stereocenters. The Labute approximate surface area is 133 Å². The Morgan fingerprint density at radius 2 is 1.45 bits per heavy atom. The molecule has 2 amide bonds. The van der Waals surface area contributed by atoms with Crippen molar-refractivity contribution >= 4 is 11.8 Å². The molecule has 0 aromatic heterocycles. The number of nitrogens with zero attached hydrogens (tertiary/aromatic N) is 2. The molecule has 3 aliphatic rings. The summed E-state index contributed by atoms with van der Waals surface area (Å²) in [5.41, 5.74) is 0. The third-order valence-corrected chi connectivity index (χ3v) is 5.65. The Balaban J connectivity index is 1.37. The molecule has 2 aliphatic carbocycles. The zero-order chi connectivity index (χ0) is 15.4. The molecule has 1 heterocycles. The number of hydrogen-bond acceptors (Lipinski definition) is 3. The maximum atomic E-state index is 12.2. The number of hydrogen-bond donors (Lipinski definition) is 1. The second-order valence-corrected chi connectivity index (χ2v) is 7.05. The first-order valence-corrected chi connectivity index (χ1v) is 9.03. The minimum atomic E-state index is 0.0791. The third kappa shape index (κ3) is 3.80. The van der Waals surface area contributed by atoms with Gasteiger partial charge in [0.25, 0.3) is 0 Å². The molecule has 1 N–H and O–H groups in total. The average Bonchev–Trinajstić information content (AvgIpc) is 3.25. The quantitative estimate of drug-likeness (QED) is 0.854. The van der Waals surface area contributed by atoms with Crippen LogP contribution in [0.25, 0.3) is 0 Å². The van der Waals surface area contributed by atoms with Gasteiger partial charge in [0, 0.05) is 38.1 Å². The van der Waals surface area contributed by atoms with Crippen LogP contribution in [0.3, 0.4) is 0 Å². The van der Waals surface area contributed by atoms with Gasteiger partial charge in [-0.15, -0.1) is 0 Å². The fraction of sp³-hybridized carbons (Fsp3) is 0.882. The van der Waals surface area contributed by atoms with E-state index in [1.807, 2.05) is 4.90 Å². The highest BCUT2D eigenvalue weighted by molar-refractivity contribution is 5.86. The summed E-state index contributed by atoms with van der Waals surface area (Å²) in [5, 5.41) is 2.84. The molecular formula is C17H29N3O2. The first-order chi connectivity index (χ1) is 10.7. The predicted molar refractivity (Wildman–Crippen MR) is 85.4 cm³/mol. The van der Waals surface area contributed by atoms with Crippen LogP contribution in [0.5, 0.6) is 0 Å². The summed E-state index contributed by atoms with van der Waals surface area (Å²) in [6.07, 6.45) is 9.63. The van der Waals surface area contributed by atoms with E-state index in [1.54, 1.807) is 0 Å². The minimum absolute atomic E-state index is 0.0791. The highest BCUT2D eigenvalue weighted by Gasteiger charge is 2.28. The van der Waals surface area contributed by atoms with Gasteiger partial charge in [-0.05, 0) is 25.7 Å². The van der Waals surface area contributed by atoms with Crippen LogP contribution in [0.1, 0.15) is 51.4 Å². The van der Waals surface area contributed by atoms with Gasteiger partial charge in [0.15, 0.2) is 0 Å². The van der Waals surface area contributed by atoms with Crippen molar-refractivity contribution in [3.8, 4) is 0 Å². The molecule has 1 saturated heterocycles. The molecule has 0 aromatic carbocycles. The number of carbonyl (C=O) groups is 2. The molecule has 0 bridgehead atoms. The molecule has 22 heavy (non-hydrogen) atoms. The summed E-state index contributed by atoms with van der Waals surface area (Å²) in [4.78, 5) is 28.7. The molecule has 5 heteroatoms. The summed E-state index contributed by atoms with van der Waals surface area (Å²) in [6.45, 7) is 3.79. The van der Waals surface area contributed by atoms with Gasteiger partial charge < -0.3 is 10.2 Å². The number of nitrogens with one attached hydrogen (secondary N) is 1. The molecule has 2 saturated carbocycles. The van der Waals surface area contributed by atoms with Crippen LogP contribution in [0, 0.1) is 5.92 Å². The van der Waals surface area contributed by atoms with E-state index in [-0.39, 0.29) is 24.3 Å². The Morgan fingerprint density at radius 1 is 0.864 bits per heavy atom. The van der Waals surface area contributed by atoms with Crippen molar-refractivity contribution in [1.29, 1.82) is 0 Å². The maximum Gasteiger partial charge on any atom is 0.242 e. The lowest BCUT2D eigenvalue weighted by atomic mass is 10.1. The van der Waals surface area contributed by atoms with Crippen LogP contribution in [0.4, 0.5) is 0 Å². The largest absolute Gasteiger partial charge is 0.347 e. The average molecular weight is 307 g/mol. The fourth-order valence-electron chi connectivity index (χ4n) is 4.21. The van der Waals surface area contributed by atoms with E-state index in [4.69, 9.17) is 0 Å². The van der Waals surface area contributed by atoms with E-state index in [2.05, 4.69) is 10.2 Å². The molecule has 0 aromatic rings. The molecule has 3 rings (SSSR count). The molecule has 1 aliphatic heterocycles. The lowest BCUT2D eigenvalue weighted by Crippen LogP contribution is -2.53. The first kappa shape index (κ1) is 15.8. The molecule has 0 spiro atoms. The summed E-state index contributed by atoms with van der Waals surface area (Å²) >= 11 is 0. The monoisotopic (exact) mass is 307 g/mol. The Morgan fingerprint density at radius 3 is 2.09 bits per heavy atom.